The molecule has 76 valence electrons. The van der Waals surface area contributed by atoms with Crippen LogP contribution in [0.25, 0.3) is 0 Å². The summed E-state index contributed by atoms with van der Waals surface area (Å²) in [7, 11) is 0. The summed E-state index contributed by atoms with van der Waals surface area (Å²) in [6.07, 6.45) is 0.346. The van der Waals surface area contributed by atoms with Gasteiger partial charge in [-0.15, -0.1) is 0 Å². The summed E-state index contributed by atoms with van der Waals surface area (Å²) in [4.78, 5) is 0. The van der Waals surface area contributed by atoms with Crippen molar-refractivity contribution in [2.24, 2.45) is 0 Å². The van der Waals surface area contributed by atoms with Crippen molar-refractivity contribution >= 4 is 6.91 Å². The van der Waals surface area contributed by atoms with Crippen LogP contribution in [0.1, 0.15) is 27.7 Å². The van der Waals surface area contributed by atoms with Crippen molar-refractivity contribution in [3.63, 3.8) is 0 Å². The third-order valence-electron chi connectivity index (χ3n) is 1.57. The first-order valence-electron chi connectivity index (χ1n) is 5.02. The minimum atomic E-state index is 0.173. The molecule has 0 aliphatic carbocycles. The second-order valence-corrected chi connectivity index (χ2v) is 3.78. The molecule has 0 N–H and O–H groups in total. The van der Waals surface area contributed by atoms with E-state index in [1.54, 1.807) is 0 Å². The molecule has 14 heavy (non-hydrogen) atoms. The molecule has 0 atom stereocenters. The van der Waals surface area contributed by atoms with Gasteiger partial charge in [0, 0.05) is 0 Å². The first kappa shape index (κ1) is 11.1. The Kier molecular flexibility index (Phi) is 3.99. The fraction of sp³-hybridized carbons (Fsp3) is 0.545. The number of hydrogen-bond donors (Lipinski definition) is 0. The van der Waals surface area contributed by atoms with Gasteiger partial charge in [0.2, 0.25) is 0 Å². The Morgan fingerprint density at radius 2 is 1.71 bits per heavy atom. The van der Waals surface area contributed by atoms with E-state index in [0.717, 1.165) is 11.4 Å². The summed E-state index contributed by atoms with van der Waals surface area (Å²) >= 11 is 0. The van der Waals surface area contributed by atoms with E-state index in [1.165, 1.54) is 0 Å². The molecular formula is C11H17BO2. The molecule has 1 aromatic heterocycles. The zero-order valence-corrected chi connectivity index (χ0v) is 9.28. The van der Waals surface area contributed by atoms with E-state index in [0.29, 0.717) is 0 Å². The number of rotatable bonds is 4. The van der Waals surface area contributed by atoms with Gasteiger partial charge in [-0.2, -0.15) is 0 Å². The standard InChI is InChI=1S/C11H17BO2/c1-8(2)13-10-6-5-7-12-11(10)14-9(3)4/h5-9H,1-4H3. The first-order valence-corrected chi connectivity index (χ1v) is 5.02. The number of ether oxygens (including phenoxy) is 2. The molecule has 0 aliphatic rings. The van der Waals surface area contributed by atoms with Gasteiger partial charge in [-0.05, 0) is 0 Å². The van der Waals surface area contributed by atoms with E-state index in [1.807, 2.05) is 52.7 Å². The van der Waals surface area contributed by atoms with Crippen LogP contribution < -0.4 is 9.47 Å². The minimum absolute atomic E-state index is 0.173. The Labute approximate surface area is 86.4 Å². The molecule has 0 saturated carbocycles. The van der Waals surface area contributed by atoms with Crippen molar-refractivity contribution in [3.8, 4) is 11.4 Å². The SMILES string of the molecule is CC(C)Oc1bcccc1OC(C)C. The predicted octanol–water partition coefficient (Wildman–Crippen LogP) is 2.60. The van der Waals surface area contributed by atoms with Crippen LogP contribution in [0.2, 0.25) is 0 Å². The summed E-state index contributed by atoms with van der Waals surface area (Å²) in [5.74, 6) is 2.77. The fourth-order valence-corrected chi connectivity index (χ4v) is 1.15. The quantitative estimate of drug-likeness (QED) is 0.729. The Hall–Kier alpha value is -0.985. The van der Waals surface area contributed by atoms with Gasteiger partial charge in [0.05, 0.1) is 0 Å². The van der Waals surface area contributed by atoms with Crippen LogP contribution in [0.15, 0.2) is 18.1 Å². The van der Waals surface area contributed by atoms with Gasteiger partial charge in [0.15, 0.2) is 0 Å². The van der Waals surface area contributed by atoms with Crippen molar-refractivity contribution in [1.82, 2.24) is 0 Å². The van der Waals surface area contributed by atoms with E-state index in [-0.39, 0.29) is 12.2 Å². The molecule has 0 aromatic carbocycles. The van der Waals surface area contributed by atoms with Crippen LogP contribution in [0, 0.1) is 0 Å². The van der Waals surface area contributed by atoms with E-state index in [9.17, 15) is 0 Å². The van der Waals surface area contributed by atoms with Crippen LogP contribution in [-0.4, -0.2) is 19.1 Å². The molecule has 0 spiro atoms. The third kappa shape index (κ3) is 3.40. The molecule has 0 bridgehead atoms. The van der Waals surface area contributed by atoms with Crippen LogP contribution in [-0.2, 0) is 0 Å². The summed E-state index contributed by atoms with van der Waals surface area (Å²) in [6, 6.07) is 3.88. The van der Waals surface area contributed by atoms with Crippen molar-refractivity contribution in [2.75, 3.05) is 0 Å². The van der Waals surface area contributed by atoms with Gasteiger partial charge < -0.3 is 0 Å². The predicted molar refractivity (Wildman–Crippen MR) is 59.3 cm³/mol. The molecule has 2 nitrogen and oxygen atoms in total. The Bertz CT molecular complexity index is 255. The van der Waals surface area contributed by atoms with Gasteiger partial charge in [-0.25, -0.2) is 0 Å². The average Bonchev–Trinajstić information content (AvgIpc) is 2.06. The van der Waals surface area contributed by atoms with Gasteiger partial charge in [-0.1, -0.05) is 0 Å². The van der Waals surface area contributed by atoms with Crippen LogP contribution >= 0.6 is 0 Å². The van der Waals surface area contributed by atoms with E-state index in [4.69, 9.17) is 9.47 Å². The van der Waals surface area contributed by atoms with Crippen LogP contribution in [0.3, 0.4) is 0 Å². The summed E-state index contributed by atoms with van der Waals surface area (Å²) in [5, 5.41) is 0. The molecule has 1 aromatic rings. The summed E-state index contributed by atoms with van der Waals surface area (Å²) in [5.41, 5.74) is 0.816. The fourth-order valence-electron chi connectivity index (χ4n) is 1.15. The summed E-state index contributed by atoms with van der Waals surface area (Å²) < 4.78 is 11.2. The van der Waals surface area contributed by atoms with E-state index < -0.39 is 0 Å². The van der Waals surface area contributed by atoms with Gasteiger partial charge in [0.1, 0.15) is 0 Å². The second kappa shape index (κ2) is 5.04. The Morgan fingerprint density at radius 1 is 1.07 bits per heavy atom. The molecule has 0 fully saturated rings. The zero-order valence-electron chi connectivity index (χ0n) is 9.28. The second-order valence-electron chi connectivity index (χ2n) is 3.78. The number of hydrogen-bond acceptors (Lipinski definition) is 2. The Balaban J connectivity index is 2.80. The van der Waals surface area contributed by atoms with Gasteiger partial charge in [-0.3, -0.25) is 0 Å². The Morgan fingerprint density at radius 3 is 2.29 bits per heavy atom. The van der Waals surface area contributed by atoms with Crippen LogP contribution in [0.5, 0.6) is 11.4 Å². The molecule has 1 rings (SSSR count). The van der Waals surface area contributed by atoms with Crippen LogP contribution in [0.4, 0.5) is 0 Å². The van der Waals surface area contributed by atoms with Gasteiger partial charge in [0.25, 0.3) is 0 Å². The third-order valence-corrected chi connectivity index (χ3v) is 1.57. The van der Waals surface area contributed by atoms with Crippen molar-refractivity contribution in [2.45, 2.75) is 39.9 Å². The van der Waals surface area contributed by atoms with E-state index in [2.05, 4.69) is 0 Å². The zero-order chi connectivity index (χ0) is 10.6. The topological polar surface area (TPSA) is 18.5 Å². The average molecular weight is 192 g/mol. The normalized spacial score (nSPS) is 10.4. The maximum absolute atomic E-state index is 5.62. The molecule has 0 amide bonds. The van der Waals surface area contributed by atoms with Gasteiger partial charge >= 0.3 is 85.8 Å². The van der Waals surface area contributed by atoms with Crippen molar-refractivity contribution < 1.29 is 9.47 Å². The molecule has 0 aliphatic heterocycles. The first-order chi connectivity index (χ1) is 6.59. The van der Waals surface area contributed by atoms with Crippen molar-refractivity contribution in [1.29, 1.82) is 0 Å². The molecule has 0 radical (unpaired) electrons. The maximum atomic E-state index is 5.62. The molecule has 0 saturated heterocycles. The molecule has 1 heterocycles. The molecule has 3 heteroatoms. The van der Waals surface area contributed by atoms with Crippen molar-refractivity contribution in [3.05, 3.63) is 18.1 Å². The summed E-state index contributed by atoms with van der Waals surface area (Å²) in [6.45, 7) is 9.95. The van der Waals surface area contributed by atoms with E-state index >= 15 is 0 Å². The monoisotopic (exact) mass is 192 g/mol. The molecule has 0 unspecified atom stereocenters. The molecular weight excluding hydrogens is 175 g/mol.